The summed E-state index contributed by atoms with van der Waals surface area (Å²) in [6, 6.07) is 10.1. The number of halogens is 6. The SMILES string of the molecule is O=C(Nc1ccc(C(=O)N2CCC(F)(F)[C@](O)(CO)c3cc(Cl)ccc32)cc1F)c1c(F)cccc1Cl. The highest BCUT2D eigenvalue weighted by molar-refractivity contribution is 6.34. The van der Waals surface area contributed by atoms with Gasteiger partial charge in [0.05, 0.1) is 28.6 Å². The number of carbonyl (C=O) groups is 2. The first-order valence-corrected chi connectivity index (χ1v) is 11.5. The van der Waals surface area contributed by atoms with Gasteiger partial charge in [-0.3, -0.25) is 9.59 Å². The second-order valence-electron chi connectivity index (χ2n) is 8.34. The van der Waals surface area contributed by atoms with E-state index < -0.39 is 65.7 Å². The van der Waals surface area contributed by atoms with Crippen LogP contribution in [-0.4, -0.2) is 41.1 Å². The molecule has 4 rings (SSSR count). The van der Waals surface area contributed by atoms with Crippen molar-refractivity contribution >= 4 is 46.4 Å². The Morgan fingerprint density at radius 3 is 2.41 bits per heavy atom. The van der Waals surface area contributed by atoms with E-state index in [1.165, 1.54) is 24.3 Å². The number of hydrogen-bond acceptors (Lipinski definition) is 4. The normalized spacial score (nSPS) is 18.6. The number of anilines is 2. The summed E-state index contributed by atoms with van der Waals surface area (Å²) in [5.41, 5.74) is -4.78. The smallest absolute Gasteiger partial charge is 0.284 e. The number of amides is 2. The van der Waals surface area contributed by atoms with Crippen LogP contribution in [0.3, 0.4) is 0 Å². The number of alkyl halides is 2. The minimum atomic E-state index is -3.83. The van der Waals surface area contributed by atoms with Crippen LogP contribution in [-0.2, 0) is 5.60 Å². The van der Waals surface area contributed by atoms with Gasteiger partial charge in [0.2, 0.25) is 0 Å². The third-order valence-corrected chi connectivity index (χ3v) is 6.63. The first-order chi connectivity index (χ1) is 17.4. The van der Waals surface area contributed by atoms with Crippen LogP contribution in [0.15, 0.2) is 54.6 Å². The Bertz CT molecular complexity index is 1380. The van der Waals surface area contributed by atoms with E-state index >= 15 is 0 Å². The Kier molecular flexibility index (Phi) is 7.22. The largest absolute Gasteiger partial charge is 0.393 e. The molecule has 2 amide bonds. The Morgan fingerprint density at radius 1 is 1.03 bits per heavy atom. The van der Waals surface area contributed by atoms with E-state index in [0.29, 0.717) is 0 Å². The molecule has 1 heterocycles. The van der Waals surface area contributed by atoms with Crippen molar-refractivity contribution in [3.63, 3.8) is 0 Å². The van der Waals surface area contributed by atoms with Crippen LogP contribution in [0, 0.1) is 11.6 Å². The molecule has 0 spiro atoms. The van der Waals surface area contributed by atoms with Gasteiger partial charge in [-0.25, -0.2) is 17.6 Å². The predicted octanol–water partition coefficient (Wildman–Crippen LogP) is 5.39. The monoisotopic (exact) mass is 556 g/mol. The van der Waals surface area contributed by atoms with Crippen molar-refractivity contribution in [2.45, 2.75) is 17.9 Å². The van der Waals surface area contributed by atoms with Crippen molar-refractivity contribution < 1.29 is 37.4 Å². The van der Waals surface area contributed by atoms with E-state index in [-0.39, 0.29) is 27.0 Å². The van der Waals surface area contributed by atoms with Gasteiger partial charge in [-0.15, -0.1) is 0 Å². The standard InChI is InChI=1S/C25H18Cl2F4N2O4/c26-14-5-7-20-15(11-14)24(37,12-34)25(30,31)8-9-33(20)23(36)13-4-6-19(18(29)10-13)32-22(35)21-16(27)2-1-3-17(21)28/h1-7,10-11,34,37H,8-9,12H2,(H,32,35)/t24-/m0/s1. The van der Waals surface area contributed by atoms with Crippen LogP contribution in [0.25, 0.3) is 0 Å². The van der Waals surface area contributed by atoms with Crippen LogP contribution in [0.5, 0.6) is 0 Å². The lowest BCUT2D eigenvalue weighted by Gasteiger charge is -2.33. The first-order valence-electron chi connectivity index (χ1n) is 10.8. The Hall–Kier alpha value is -3.18. The molecule has 0 aromatic heterocycles. The molecule has 0 radical (unpaired) electrons. The second kappa shape index (κ2) is 9.94. The molecule has 1 aliphatic rings. The van der Waals surface area contributed by atoms with Crippen LogP contribution < -0.4 is 10.2 Å². The highest BCUT2D eigenvalue weighted by Crippen LogP contribution is 2.47. The molecular formula is C25H18Cl2F4N2O4. The summed E-state index contributed by atoms with van der Waals surface area (Å²) >= 11 is 11.8. The quantitative estimate of drug-likeness (QED) is 0.376. The zero-order chi connectivity index (χ0) is 27.1. The molecule has 3 N–H and O–H groups in total. The average Bonchev–Trinajstić information content (AvgIpc) is 2.92. The van der Waals surface area contributed by atoms with Crippen LogP contribution in [0.2, 0.25) is 10.0 Å². The van der Waals surface area contributed by atoms with E-state index in [1.54, 1.807) is 0 Å². The molecule has 12 heteroatoms. The third-order valence-electron chi connectivity index (χ3n) is 6.08. The number of hydrogen-bond donors (Lipinski definition) is 3. The Labute approximate surface area is 218 Å². The second-order valence-corrected chi connectivity index (χ2v) is 9.18. The molecule has 3 aromatic carbocycles. The fourth-order valence-corrected chi connectivity index (χ4v) is 4.49. The summed E-state index contributed by atoms with van der Waals surface area (Å²) in [6.45, 7) is -1.92. The maximum absolute atomic E-state index is 14.9. The molecular weight excluding hydrogens is 539 g/mol. The van der Waals surface area contributed by atoms with Crippen molar-refractivity contribution in [3.05, 3.63) is 93.0 Å². The summed E-state index contributed by atoms with van der Waals surface area (Å²) < 4.78 is 58.6. The lowest BCUT2D eigenvalue weighted by molar-refractivity contribution is -0.205. The van der Waals surface area contributed by atoms with E-state index in [0.717, 1.165) is 35.2 Å². The van der Waals surface area contributed by atoms with Crippen molar-refractivity contribution in [1.29, 1.82) is 0 Å². The number of nitrogens with zero attached hydrogens (tertiary/aromatic N) is 1. The van der Waals surface area contributed by atoms with Gasteiger partial charge < -0.3 is 20.4 Å². The molecule has 37 heavy (non-hydrogen) atoms. The van der Waals surface area contributed by atoms with Crippen LogP contribution in [0.4, 0.5) is 28.9 Å². The highest BCUT2D eigenvalue weighted by atomic mass is 35.5. The number of rotatable bonds is 4. The maximum Gasteiger partial charge on any atom is 0.284 e. The van der Waals surface area contributed by atoms with Gasteiger partial charge in [0.1, 0.15) is 11.6 Å². The molecule has 1 aliphatic heterocycles. The minimum Gasteiger partial charge on any atom is -0.393 e. The molecule has 1 atom stereocenters. The summed E-state index contributed by atoms with van der Waals surface area (Å²) in [6.07, 6.45) is -1.01. The number of benzene rings is 3. The van der Waals surface area contributed by atoms with Crippen LogP contribution in [0.1, 0.15) is 32.7 Å². The van der Waals surface area contributed by atoms with Crippen molar-refractivity contribution in [2.75, 3.05) is 23.4 Å². The molecule has 0 bridgehead atoms. The van der Waals surface area contributed by atoms with Crippen molar-refractivity contribution in [2.24, 2.45) is 0 Å². The highest BCUT2D eigenvalue weighted by Gasteiger charge is 2.56. The van der Waals surface area contributed by atoms with Gasteiger partial charge in [0.25, 0.3) is 17.7 Å². The topological polar surface area (TPSA) is 89.9 Å². The Balaban J connectivity index is 1.67. The third kappa shape index (κ3) is 4.77. The predicted molar refractivity (Wildman–Crippen MR) is 129 cm³/mol. The van der Waals surface area contributed by atoms with Crippen molar-refractivity contribution in [3.8, 4) is 0 Å². The van der Waals surface area contributed by atoms with E-state index in [2.05, 4.69) is 5.32 Å². The van der Waals surface area contributed by atoms with E-state index in [4.69, 9.17) is 23.2 Å². The molecule has 0 saturated heterocycles. The zero-order valence-electron chi connectivity index (χ0n) is 18.7. The molecule has 194 valence electrons. The maximum atomic E-state index is 14.9. The van der Waals surface area contributed by atoms with Gasteiger partial charge in [0, 0.05) is 29.1 Å². The molecule has 0 fully saturated rings. The fourth-order valence-electron chi connectivity index (χ4n) is 4.07. The number of carbonyl (C=O) groups excluding carboxylic acids is 2. The number of aliphatic hydroxyl groups is 2. The summed E-state index contributed by atoms with van der Waals surface area (Å²) in [7, 11) is 0. The number of aliphatic hydroxyl groups excluding tert-OH is 1. The molecule has 0 unspecified atom stereocenters. The van der Waals surface area contributed by atoms with Gasteiger partial charge >= 0.3 is 0 Å². The van der Waals surface area contributed by atoms with E-state index in [9.17, 15) is 37.4 Å². The fraction of sp³-hybridized carbons (Fsp3) is 0.200. The van der Waals surface area contributed by atoms with Gasteiger partial charge in [-0.2, -0.15) is 0 Å². The molecule has 6 nitrogen and oxygen atoms in total. The van der Waals surface area contributed by atoms with Crippen LogP contribution >= 0.6 is 23.2 Å². The number of fused-ring (bicyclic) bond motifs is 1. The van der Waals surface area contributed by atoms with E-state index in [1.807, 2.05) is 0 Å². The molecule has 0 saturated carbocycles. The Morgan fingerprint density at radius 2 is 1.76 bits per heavy atom. The number of nitrogens with one attached hydrogen (secondary N) is 1. The lowest BCUT2D eigenvalue weighted by Crippen LogP contribution is -2.48. The summed E-state index contributed by atoms with van der Waals surface area (Å²) in [5, 5.41) is 22.3. The zero-order valence-corrected chi connectivity index (χ0v) is 20.3. The lowest BCUT2D eigenvalue weighted by atomic mass is 9.86. The molecule has 0 aliphatic carbocycles. The van der Waals surface area contributed by atoms with Gasteiger partial charge in [-0.1, -0.05) is 29.3 Å². The average molecular weight is 557 g/mol. The first kappa shape index (κ1) is 26.9. The van der Waals surface area contributed by atoms with Crippen molar-refractivity contribution in [1.82, 2.24) is 0 Å². The van der Waals surface area contributed by atoms with Gasteiger partial charge in [0.15, 0.2) is 5.60 Å². The molecule has 3 aromatic rings. The summed E-state index contributed by atoms with van der Waals surface area (Å²) in [4.78, 5) is 26.6. The minimum absolute atomic E-state index is 0.0168. The summed E-state index contributed by atoms with van der Waals surface area (Å²) in [5.74, 6) is -7.73. The van der Waals surface area contributed by atoms with Gasteiger partial charge in [-0.05, 0) is 48.5 Å².